The van der Waals surface area contributed by atoms with Gasteiger partial charge < -0.3 is 9.88 Å². The summed E-state index contributed by atoms with van der Waals surface area (Å²) < 4.78 is 2.08. The molecule has 3 rings (SSSR count). The maximum absolute atomic E-state index is 4.38. The van der Waals surface area contributed by atoms with E-state index in [1.165, 1.54) is 12.8 Å². The van der Waals surface area contributed by atoms with Crippen LogP contribution < -0.4 is 5.32 Å². The first-order valence-electron chi connectivity index (χ1n) is 6.04. The number of pyridine rings is 1. The van der Waals surface area contributed by atoms with Crippen molar-refractivity contribution in [3.05, 3.63) is 48.3 Å². The summed E-state index contributed by atoms with van der Waals surface area (Å²) in [5, 5.41) is 3.46. The van der Waals surface area contributed by atoms with Gasteiger partial charge in [-0.2, -0.15) is 0 Å². The van der Waals surface area contributed by atoms with Crippen LogP contribution in [0.15, 0.2) is 36.9 Å². The molecule has 0 aliphatic heterocycles. The van der Waals surface area contributed by atoms with Crippen molar-refractivity contribution >= 4 is 0 Å². The zero-order chi connectivity index (χ0) is 11.5. The first-order valence-corrected chi connectivity index (χ1v) is 6.04. The predicted molar refractivity (Wildman–Crippen MR) is 65.4 cm³/mol. The zero-order valence-corrected chi connectivity index (χ0v) is 9.71. The average Bonchev–Trinajstić information content (AvgIpc) is 3.09. The molecule has 17 heavy (non-hydrogen) atoms. The van der Waals surface area contributed by atoms with Crippen molar-refractivity contribution in [2.45, 2.75) is 32.0 Å². The van der Waals surface area contributed by atoms with Gasteiger partial charge in [0, 0.05) is 25.0 Å². The first-order chi connectivity index (χ1) is 8.40. The van der Waals surface area contributed by atoms with E-state index in [1.54, 1.807) is 0 Å². The minimum absolute atomic E-state index is 0.732. The Labute approximate surface area is 101 Å². The second-order valence-electron chi connectivity index (χ2n) is 4.51. The van der Waals surface area contributed by atoms with Gasteiger partial charge in [-0.05, 0) is 25.0 Å². The number of hydrogen-bond acceptors (Lipinski definition) is 3. The Balaban J connectivity index is 1.59. The third-order valence-electron chi connectivity index (χ3n) is 2.91. The highest BCUT2D eigenvalue weighted by Gasteiger charge is 2.20. The number of hydrogen-bond donors (Lipinski definition) is 1. The molecule has 0 spiro atoms. The molecular formula is C13H16N4. The molecular weight excluding hydrogens is 212 g/mol. The summed E-state index contributed by atoms with van der Waals surface area (Å²) in [4.78, 5) is 8.69. The number of aromatic nitrogens is 3. The summed E-state index contributed by atoms with van der Waals surface area (Å²) in [6, 6.07) is 6.70. The molecule has 0 radical (unpaired) electrons. The minimum Gasteiger partial charge on any atom is -0.331 e. The van der Waals surface area contributed by atoms with Crippen molar-refractivity contribution in [2.75, 3.05) is 0 Å². The second kappa shape index (κ2) is 4.67. The van der Waals surface area contributed by atoms with Crippen LogP contribution in [-0.4, -0.2) is 20.6 Å². The molecule has 0 saturated heterocycles. The van der Waals surface area contributed by atoms with Crippen LogP contribution in [0.2, 0.25) is 0 Å². The molecule has 1 fully saturated rings. The second-order valence-corrected chi connectivity index (χ2v) is 4.51. The lowest BCUT2D eigenvalue weighted by atomic mass is 10.3. The monoisotopic (exact) mass is 228 g/mol. The smallest absolute Gasteiger partial charge is 0.0953 e. The molecule has 4 nitrogen and oxygen atoms in total. The fourth-order valence-corrected chi connectivity index (χ4v) is 1.80. The molecule has 0 unspecified atom stereocenters. The van der Waals surface area contributed by atoms with Crippen molar-refractivity contribution in [1.82, 2.24) is 19.9 Å². The third kappa shape index (κ3) is 2.91. The van der Waals surface area contributed by atoms with Gasteiger partial charge in [-0.3, -0.25) is 4.98 Å². The molecule has 0 bridgehead atoms. The Morgan fingerprint density at radius 3 is 2.94 bits per heavy atom. The van der Waals surface area contributed by atoms with E-state index in [0.717, 1.165) is 30.5 Å². The van der Waals surface area contributed by atoms with E-state index in [2.05, 4.69) is 26.0 Å². The van der Waals surface area contributed by atoms with Gasteiger partial charge in [0.1, 0.15) is 0 Å². The van der Waals surface area contributed by atoms with Crippen LogP contribution in [0, 0.1) is 0 Å². The van der Waals surface area contributed by atoms with Crippen LogP contribution in [0.3, 0.4) is 0 Å². The van der Waals surface area contributed by atoms with Crippen LogP contribution in [-0.2, 0) is 13.1 Å². The number of imidazole rings is 1. The standard InChI is InChI=1S/C13H16N4/c1-2-6-14-12(3-1)8-17-9-13(16-10-17)7-15-11-4-5-11/h1-3,6,9-11,15H,4-5,7-8H2. The molecule has 2 heterocycles. The van der Waals surface area contributed by atoms with Crippen molar-refractivity contribution < 1.29 is 0 Å². The SMILES string of the molecule is c1ccc(Cn2cnc(CNC3CC3)c2)nc1. The first kappa shape index (κ1) is 10.5. The fraction of sp³-hybridized carbons (Fsp3) is 0.385. The van der Waals surface area contributed by atoms with Crippen molar-refractivity contribution in [2.24, 2.45) is 0 Å². The highest BCUT2D eigenvalue weighted by atomic mass is 15.1. The molecule has 1 N–H and O–H groups in total. The fourth-order valence-electron chi connectivity index (χ4n) is 1.80. The Morgan fingerprint density at radius 1 is 1.24 bits per heavy atom. The highest BCUT2D eigenvalue weighted by Crippen LogP contribution is 2.18. The molecule has 88 valence electrons. The van der Waals surface area contributed by atoms with Gasteiger partial charge in [0.05, 0.1) is 24.3 Å². The van der Waals surface area contributed by atoms with Crippen LogP contribution in [0.1, 0.15) is 24.2 Å². The average molecular weight is 228 g/mol. The molecule has 0 atom stereocenters. The van der Waals surface area contributed by atoms with E-state index < -0.39 is 0 Å². The largest absolute Gasteiger partial charge is 0.331 e. The number of nitrogens with zero attached hydrogens (tertiary/aromatic N) is 3. The molecule has 2 aromatic rings. The van der Waals surface area contributed by atoms with Gasteiger partial charge in [0.25, 0.3) is 0 Å². The van der Waals surface area contributed by atoms with E-state index in [9.17, 15) is 0 Å². The van der Waals surface area contributed by atoms with E-state index in [1.807, 2.05) is 30.7 Å². The quantitative estimate of drug-likeness (QED) is 0.845. The lowest BCUT2D eigenvalue weighted by Gasteiger charge is -2.00. The predicted octanol–water partition coefficient (Wildman–Crippen LogP) is 1.58. The van der Waals surface area contributed by atoms with Crippen molar-refractivity contribution in [3.63, 3.8) is 0 Å². The van der Waals surface area contributed by atoms with Gasteiger partial charge in [-0.15, -0.1) is 0 Å². The Morgan fingerprint density at radius 2 is 2.18 bits per heavy atom. The van der Waals surface area contributed by atoms with E-state index >= 15 is 0 Å². The van der Waals surface area contributed by atoms with Gasteiger partial charge in [-0.25, -0.2) is 4.98 Å². The van der Waals surface area contributed by atoms with Crippen molar-refractivity contribution in [1.29, 1.82) is 0 Å². The Bertz CT molecular complexity index is 473. The van der Waals surface area contributed by atoms with E-state index in [-0.39, 0.29) is 0 Å². The topological polar surface area (TPSA) is 42.7 Å². The molecule has 0 amide bonds. The lowest BCUT2D eigenvalue weighted by Crippen LogP contribution is -2.15. The van der Waals surface area contributed by atoms with Crippen LogP contribution in [0.4, 0.5) is 0 Å². The molecule has 2 aromatic heterocycles. The van der Waals surface area contributed by atoms with E-state index in [0.29, 0.717) is 0 Å². The molecule has 0 aromatic carbocycles. The molecule has 1 aliphatic rings. The summed E-state index contributed by atoms with van der Waals surface area (Å²) in [5.41, 5.74) is 2.17. The molecule has 1 saturated carbocycles. The van der Waals surface area contributed by atoms with Crippen LogP contribution in [0.25, 0.3) is 0 Å². The maximum atomic E-state index is 4.38. The minimum atomic E-state index is 0.732. The summed E-state index contributed by atoms with van der Waals surface area (Å²) in [6.07, 6.45) is 8.41. The molecule has 4 heteroatoms. The molecule has 1 aliphatic carbocycles. The highest BCUT2D eigenvalue weighted by molar-refractivity contribution is 5.06. The maximum Gasteiger partial charge on any atom is 0.0953 e. The van der Waals surface area contributed by atoms with Crippen LogP contribution >= 0.6 is 0 Å². The summed E-state index contributed by atoms with van der Waals surface area (Å²) >= 11 is 0. The summed E-state index contributed by atoms with van der Waals surface area (Å²) in [6.45, 7) is 1.66. The van der Waals surface area contributed by atoms with Gasteiger partial charge in [0.2, 0.25) is 0 Å². The van der Waals surface area contributed by atoms with Gasteiger partial charge >= 0.3 is 0 Å². The normalized spacial score (nSPS) is 15.1. The Hall–Kier alpha value is -1.68. The van der Waals surface area contributed by atoms with Gasteiger partial charge in [-0.1, -0.05) is 6.07 Å². The zero-order valence-electron chi connectivity index (χ0n) is 9.71. The Kier molecular flexibility index (Phi) is 2.88. The van der Waals surface area contributed by atoms with Crippen LogP contribution in [0.5, 0.6) is 0 Å². The lowest BCUT2D eigenvalue weighted by molar-refractivity contribution is 0.675. The summed E-state index contributed by atoms with van der Waals surface area (Å²) in [7, 11) is 0. The number of nitrogens with one attached hydrogen (secondary N) is 1. The summed E-state index contributed by atoms with van der Waals surface area (Å²) in [5.74, 6) is 0. The van der Waals surface area contributed by atoms with Gasteiger partial charge in [0.15, 0.2) is 0 Å². The van der Waals surface area contributed by atoms with E-state index in [4.69, 9.17) is 0 Å². The number of rotatable bonds is 5. The third-order valence-corrected chi connectivity index (χ3v) is 2.91. The van der Waals surface area contributed by atoms with Crippen molar-refractivity contribution in [3.8, 4) is 0 Å².